The highest BCUT2D eigenvalue weighted by atomic mass is 16.5. The van der Waals surface area contributed by atoms with Gasteiger partial charge in [0.2, 0.25) is 6.39 Å². The number of hydrogen-bond acceptors (Lipinski definition) is 6. The van der Waals surface area contributed by atoms with Crippen LogP contribution in [0.1, 0.15) is 30.5 Å². The van der Waals surface area contributed by atoms with E-state index < -0.39 is 0 Å². The summed E-state index contributed by atoms with van der Waals surface area (Å²) in [6.07, 6.45) is 3.34. The van der Waals surface area contributed by atoms with Gasteiger partial charge in [-0.05, 0) is 31.5 Å². The monoisotopic (exact) mass is 297 g/mol. The second kappa shape index (κ2) is 5.34. The number of H-pyrrole nitrogens is 1. The number of fused-ring (bicyclic) bond motifs is 1. The normalized spacial score (nSPS) is 19.0. The molecule has 3 aromatic rings. The first kappa shape index (κ1) is 13.1. The van der Waals surface area contributed by atoms with Gasteiger partial charge in [0.05, 0.1) is 23.5 Å². The van der Waals surface area contributed by atoms with Gasteiger partial charge < -0.3 is 9.51 Å². The summed E-state index contributed by atoms with van der Waals surface area (Å²) >= 11 is 0. The van der Waals surface area contributed by atoms with Gasteiger partial charge in [-0.25, -0.2) is 4.98 Å². The van der Waals surface area contributed by atoms with E-state index >= 15 is 0 Å². The molecule has 1 aliphatic heterocycles. The van der Waals surface area contributed by atoms with E-state index in [0.29, 0.717) is 23.6 Å². The molecular weight excluding hydrogens is 282 g/mol. The van der Waals surface area contributed by atoms with Crippen LogP contribution in [-0.4, -0.2) is 31.6 Å². The van der Waals surface area contributed by atoms with Crippen LogP contribution in [0.4, 0.5) is 0 Å². The van der Waals surface area contributed by atoms with Gasteiger partial charge in [0, 0.05) is 0 Å². The predicted octanol–water partition coefficient (Wildman–Crippen LogP) is 1.64. The lowest BCUT2D eigenvalue weighted by Crippen LogP contribution is -2.26. The molecule has 0 radical (unpaired) electrons. The van der Waals surface area contributed by atoms with E-state index in [-0.39, 0.29) is 11.6 Å². The van der Waals surface area contributed by atoms with Crippen molar-refractivity contribution in [3.05, 3.63) is 52.7 Å². The molecule has 0 spiro atoms. The van der Waals surface area contributed by atoms with Gasteiger partial charge in [0.15, 0.2) is 5.82 Å². The van der Waals surface area contributed by atoms with Crippen LogP contribution in [0.15, 0.2) is 40.0 Å². The summed E-state index contributed by atoms with van der Waals surface area (Å²) in [4.78, 5) is 26.1. The van der Waals surface area contributed by atoms with Crippen molar-refractivity contribution >= 4 is 10.9 Å². The van der Waals surface area contributed by atoms with E-state index in [2.05, 4.69) is 25.0 Å². The summed E-state index contributed by atoms with van der Waals surface area (Å²) in [6, 6.07) is 7.47. The number of nitrogens with zero attached hydrogens (tertiary/aromatic N) is 4. The molecular formula is C15H15N5O2. The Morgan fingerprint density at radius 3 is 3.14 bits per heavy atom. The fourth-order valence-electron chi connectivity index (χ4n) is 3.03. The predicted molar refractivity (Wildman–Crippen MR) is 79.0 cm³/mol. The molecule has 0 saturated carbocycles. The Balaban J connectivity index is 1.69. The Morgan fingerprint density at radius 2 is 2.27 bits per heavy atom. The Bertz CT molecular complexity index is 843. The smallest absolute Gasteiger partial charge is 0.258 e. The van der Waals surface area contributed by atoms with Crippen molar-refractivity contribution < 1.29 is 4.52 Å². The molecule has 7 nitrogen and oxygen atoms in total. The lowest BCUT2D eigenvalue weighted by Gasteiger charge is -2.22. The lowest BCUT2D eigenvalue weighted by molar-refractivity contribution is 0.230. The minimum absolute atomic E-state index is 0.0795. The van der Waals surface area contributed by atoms with Gasteiger partial charge in [-0.3, -0.25) is 9.69 Å². The molecule has 1 atom stereocenters. The molecule has 1 unspecified atom stereocenters. The molecule has 0 bridgehead atoms. The van der Waals surface area contributed by atoms with Crippen molar-refractivity contribution in [3.8, 4) is 0 Å². The average Bonchev–Trinajstić information content (AvgIpc) is 3.19. The Morgan fingerprint density at radius 1 is 1.36 bits per heavy atom. The van der Waals surface area contributed by atoms with E-state index in [9.17, 15) is 4.79 Å². The van der Waals surface area contributed by atoms with Crippen molar-refractivity contribution in [3.63, 3.8) is 0 Å². The molecule has 0 aliphatic carbocycles. The van der Waals surface area contributed by atoms with Gasteiger partial charge >= 0.3 is 0 Å². The zero-order valence-electron chi connectivity index (χ0n) is 11.9. The fourth-order valence-corrected chi connectivity index (χ4v) is 3.03. The maximum atomic E-state index is 12.2. The minimum atomic E-state index is -0.0907. The molecule has 112 valence electrons. The Kier molecular flexibility index (Phi) is 3.19. The van der Waals surface area contributed by atoms with E-state index in [1.165, 1.54) is 6.39 Å². The fraction of sp³-hybridized carbons (Fsp3) is 0.333. The summed E-state index contributed by atoms with van der Waals surface area (Å²) < 4.78 is 4.78. The highest BCUT2D eigenvalue weighted by Gasteiger charge is 2.29. The molecule has 3 heterocycles. The third-order valence-corrected chi connectivity index (χ3v) is 4.06. The number of benzene rings is 1. The van der Waals surface area contributed by atoms with Crippen molar-refractivity contribution in [2.45, 2.75) is 25.4 Å². The zero-order chi connectivity index (χ0) is 14.9. The standard InChI is InChI=1S/C15H15N5O2/c21-15-10-4-1-2-5-11(10)17-14(18-15)12-6-3-7-20(12)8-13-16-9-22-19-13/h1-2,4-5,9,12H,3,6-8H2,(H,17,18,21). The molecule has 1 saturated heterocycles. The van der Waals surface area contributed by atoms with Crippen LogP contribution in [0.25, 0.3) is 10.9 Å². The molecule has 22 heavy (non-hydrogen) atoms. The first-order valence-corrected chi connectivity index (χ1v) is 7.29. The van der Waals surface area contributed by atoms with Crippen LogP contribution in [0.3, 0.4) is 0 Å². The second-order valence-corrected chi connectivity index (χ2v) is 5.44. The molecule has 1 aliphatic rings. The highest BCUT2D eigenvalue weighted by Crippen LogP contribution is 2.30. The van der Waals surface area contributed by atoms with E-state index in [1.807, 2.05) is 18.2 Å². The number of rotatable bonds is 3. The van der Waals surface area contributed by atoms with Crippen LogP contribution in [0, 0.1) is 0 Å². The number of aromatic nitrogens is 4. The van der Waals surface area contributed by atoms with Gasteiger partial charge in [-0.2, -0.15) is 4.98 Å². The third kappa shape index (κ3) is 2.29. The van der Waals surface area contributed by atoms with Crippen LogP contribution in [0.2, 0.25) is 0 Å². The van der Waals surface area contributed by atoms with E-state index in [1.54, 1.807) is 6.07 Å². The average molecular weight is 297 g/mol. The highest BCUT2D eigenvalue weighted by molar-refractivity contribution is 5.77. The number of hydrogen-bond donors (Lipinski definition) is 1. The number of para-hydroxylation sites is 1. The Hall–Kier alpha value is -2.54. The Labute approximate surface area is 126 Å². The quantitative estimate of drug-likeness (QED) is 0.790. The first-order chi connectivity index (χ1) is 10.8. The van der Waals surface area contributed by atoms with Gasteiger partial charge in [0.1, 0.15) is 5.82 Å². The summed E-state index contributed by atoms with van der Waals surface area (Å²) in [6.45, 7) is 1.52. The van der Waals surface area contributed by atoms with Crippen molar-refractivity contribution in [1.82, 2.24) is 25.0 Å². The van der Waals surface area contributed by atoms with E-state index in [0.717, 1.165) is 24.9 Å². The summed E-state index contributed by atoms with van der Waals surface area (Å²) in [5.74, 6) is 1.36. The maximum Gasteiger partial charge on any atom is 0.258 e. The molecule has 0 amide bonds. The van der Waals surface area contributed by atoms with Crippen LogP contribution in [-0.2, 0) is 6.54 Å². The number of likely N-dealkylation sites (tertiary alicyclic amines) is 1. The summed E-state index contributed by atoms with van der Waals surface area (Å²) in [5, 5.41) is 4.47. The lowest BCUT2D eigenvalue weighted by atomic mass is 10.2. The van der Waals surface area contributed by atoms with Crippen LogP contribution in [0.5, 0.6) is 0 Å². The van der Waals surface area contributed by atoms with Gasteiger partial charge in [-0.1, -0.05) is 17.3 Å². The van der Waals surface area contributed by atoms with Crippen LogP contribution >= 0.6 is 0 Å². The second-order valence-electron chi connectivity index (χ2n) is 5.44. The van der Waals surface area contributed by atoms with E-state index in [4.69, 9.17) is 4.52 Å². The minimum Gasteiger partial charge on any atom is -0.343 e. The molecule has 1 N–H and O–H groups in total. The molecule has 7 heteroatoms. The molecule has 1 aromatic carbocycles. The topological polar surface area (TPSA) is 87.9 Å². The van der Waals surface area contributed by atoms with Gasteiger partial charge in [0.25, 0.3) is 5.56 Å². The van der Waals surface area contributed by atoms with Crippen molar-refractivity contribution in [2.24, 2.45) is 0 Å². The number of nitrogens with one attached hydrogen (secondary N) is 1. The number of aromatic amines is 1. The third-order valence-electron chi connectivity index (χ3n) is 4.06. The summed E-state index contributed by atoms with van der Waals surface area (Å²) in [5.41, 5.74) is 0.639. The zero-order valence-corrected chi connectivity index (χ0v) is 11.9. The van der Waals surface area contributed by atoms with Crippen LogP contribution < -0.4 is 5.56 Å². The SMILES string of the molecule is O=c1[nH]c(C2CCCN2Cc2ncon2)nc2ccccc12. The molecule has 4 rings (SSSR count). The summed E-state index contributed by atoms with van der Waals surface area (Å²) in [7, 11) is 0. The first-order valence-electron chi connectivity index (χ1n) is 7.29. The van der Waals surface area contributed by atoms with Crippen molar-refractivity contribution in [1.29, 1.82) is 0 Å². The molecule has 1 fully saturated rings. The largest absolute Gasteiger partial charge is 0.343 e. The maximum absolute atomic E-state index is 12.2. The molecule has 2 aromatic heterocycles. The van der Waals surface area contributed by atoms with Gasteiger partial charge in [-0.15, -0.1) is 0 Å². The van der Waals surface area contributed by atoms with Crippen molar-refractivity contribution in [2.75, 3.05) is 6.54 Å².